The van der Waals surface area contributed by atoms with Gasteiger partial charge in [-0.15, -0.1) is 0 Å². The highest BCUT2D eigenvalue weighted by Crippen LogP contribution is 2.54. The lowest BCUT2D eigenvalue weighted by atomic mass is 10.1. The molecule has 0 spiro atoms. The fraction of sp³-hybridized carbons (Fsp3) is 0.846. The van der Waals surface area contributed by atoms with Crippen LogP contribution in [-0.4, -0.2) is 30.6 Å². The summed E-state index contributed by atoms with van der Waals surface area (Å²) in [7, 11) is 1.73. The summed E-state index contributed by atoms with van der Waals surface area (Å²) in [6.07, 6.45) is 13.3. The van der Waals surface area contributed by atoms with Crippen molar-refractivity contribution in [1.29, 1.82) is 0 Å². The van der Waals surface area contributed by atoms with Gasteiger partial charge in [-0.1, -0.05) is 13.0 Å². The predicted octanol–water partition coefficient (Wildman–Crippen LogP) is 3.51. The smallest absolute Gasteiger partial charge is 0.00310 e. The molecule has 2 heteroatoms. The molecule has 0 aromatic heterocycles. The quantitative estimate of drug-likeness (QED) is 0.687. The Morgan fingerprint density at radius 1 is 1.40 bits per heavy atom. The van der Waals surface area contributed by atoms with Crippen LogP contribution in [0.2, 0.25) is 0 Å². The molecule has 0 bridgehead atoms. The van der Waals surface area contributed by atoms with E-state index < -0.39 is 0 Å². The summed E-state index contributed by atoms with van der Waals surface area (Å²) in [6, 6.07) is 0. The molecule has 15 heavy (non-hydrogen) atoms. The second kappa shape index (κ2) is 5.83. The van der Waals surface area contributed by atoms with Gasteiger partial charge in [-0.05, 0) is 55.6 Å². The summed E-state index contributed by atoms with van der Waals surface area (Å²) in [6.45, 7) is 3.97. The van der Waals surface area contributed by atoms with Crippen LogP contribution in [0.25, 0.3) is 0 Å². The highest BCUT2D eigenvalue weighted by molar-refractivity contribution is 8.33. The van der Waals surface area contributed by atoms with Crippen LogP contribution in [0.15, 0.2) is 12.3 Å². The Morgan fingerprint density at radius 2 is 2.13 bits per heavy atom. The maximum Gasteiger partial charge on any atom is 0.00310 e. The van der Waals surface area contributed by atoms with Crippen LogP contribution in [0.5, 0.6) is 0 Å². The van der Waals surface area contributed by atoms with Crippen molar-refractivity contribution < 1.29 is 0 Å². The second-order valence-electron chi connectivity index (χ2n) is 5.19. The van der Waals surface area contributed by atoms with Crippen molar-refractivity contribution in [1.82, 2.24) is 5.32 Å². The first kappa shape index (κ1) is 13.0. The third-order valence-electron chi connectivity index (χ3n) is 3.71. The van der Waals surface area contributed by atoms with Crippen LogP contribution in [0, 0.1) is 0 Å². The molecule has 1 heterocycles. The molecule has 1 rings (SSSR count). The monoisotopic (exact) mass is 229 g/mol. The van der Waals surface area contributed by atoms with Crippen molar-refractivity contribution in [2.45, 2.75) is 43.8 Å². The van der Waals surface area contributed by atoms with Gasteiger partial charge < -0.3 is 5.32 Å². The average molecular weight is 229 g/mol. The van der Waals surface area contributed by atoms with Crippen LogP contribution in [-0.2, 0) is 0 Å². The second-order valence-corrected chi connectivity index (χ2v) is 9.51. The molecule has 1 saturated heterocycles. The van der Waals surface area contributed by atoms with E-state index in [1.165, 1.54) is 43.6 Å². The Kier molecular flexibility index (Phi) is 5.04. The van der Waals surface area contributed by atoms with Gasteiger partial charge in [-0.25, -0.2) is 10.0 Å². The number of allylic oxidation sites excluding steroid dienone is 1. The van der Waals surface area contributed by atoms with Crippen molar-refractivity contribution in [2.75, 3.05) is 25.3 Å². The third kappa shape index (κ3) is 4.10. The maximum absolute atomic E-state index is 3.97. The molecule has 1 N–H and O–H groups in total. The Labute approximate surface area is 97.0 Å². The lowest BCUT2D eigenvalue weighted by Gasteiger charge is -2.33. The van der Waals surface area contributed by atoms with Gasteiger partial charge in [0.05, 0.1) is 0 Å². The van der Waals surface area contributed by atoms with E-state index in [0.717, 1.165) is 11.7 Å². The molecule has 0 amide bonds. The molecule has 0 aliphatic carbocycles. The SMILES string of the molecule is C=C(CCCCC1CCCS1(C)C)NC. The Hall–Kier alpha value is -0.110. The number of rotatable bonds is 6. The first-order chi connectivity index (χ1) is 7.06. The molecule has 90 valence electrons. The Balaban J connectivity index is 2.12. The van der Waals surface area contributed by atoms with Crippen molar-refractivity contribution in [2.24, 2.45) is 0 Å². The van der Waals surface area contributed by atoms with Crippen molar-refractivity contribution in [3.63, 3.8) is 0 Å². The van der Waals surface area contributed by atoms with Crippen LogP contribution in [0.3, 0.4) is 0 Å². The van der Waals surface area contributed by atoms with E-state index in [1.807, 2.05) is 7.05 Å². The van der Waals surface area contributed by atoms with E-state index in [9.17, 15) is 0 Å². The maximum atomic E-state index is 3.97. The van der Waals surface area contributed by atoms with Crippen molar-refractivity contribution in [3.05, 3.63) is 12.3 Å². The number of unbranched alkanes of at least 4 members (excludes halogenated alkanes) is 1. The summed E-state index contributed by atoms with van der Waals surface area (Å²) in [4.78, 5) is 0. The van der Waals surface area contributed by atoms with E-state index in [4.69, 9.17) is 0 Å². The first-order valence-electron chi connectivity index (χ1n) is 6.11. The minimum atomic E-state index is -0.231. The highest BCUT2D eigenvalue weighted by atomic mass is 32.3. The van der Waals surface area contributed by atoms with Gasteiger partial charge in [0.1, 0.15) is 0 Å². The summed E-state index contributed by atoms with van der Waals surface area (Å²) < 4.78 is 0. The predicted molar refractivity (Wildman–Crippen MR) is 74.0 cm³/mol. The molecule has 0 saturated carbocycles. The molecular weight excluding hydrogens is 202 g/mol. The molecule has 0 aromatic rings. The third-order valence-corrected chi connectivity index (χ3v) is 7.32. The van der Waals surface area contributed by atoms with Crippen LogP contribution < -0.4 is 5.32 Å². The summed E-state index contributed by atoms with van der Waals surface area (Å²) >= 11 is 0. The minimum Gasteiger partial charge on any atom is -0.392 e. The van der Waals surface area contributed by atoms with E-state index in [1.54, 1.807) is 0 Å². The molecule has 1 atom stereocenters. The minimum absolute atomic E-state index is 0.231. The molecule has 0 radical (unpaired) electrons. The van der Waals surface area contributed by atoms with Crippen molar-refractivity contribution in [3.8, 4) is 0 Å². The van der Waals surface area contributed by atoms with Crippen LogP contribution in [0.4, 0.5) is 0 Å². The van der Waals surface area contributed by atoms with Gasteiger partial charge in [-0.3, -0.25) is 0 Å². The molecular formula is C13H27NS. The van der Waals surface area contributed by atoms with Gasteiger partial charge >= 0.3 is 0 Å². The van der Waals surface area contributed by atoms with Gasteiger partial charge in [0.25, 0.3) is 0 Å². The van der Waals surface area contributed by atoms with E-state index >= 15 is 0 Å². The van der Waals surface area contributed by atoms with Gasteiger partial charge in [-0.2, -0.15) is 0 Å². The van der Waals surface area contributed by atoms with Crippen LogP contribution >= 0.6 is 10.0 Å². The van der Waals surface area contributed by atoms with E-state index in [2.05, 4.69) is 24.4 Å². The molecule has 0 aromatic carbocycles. The van der Waals surface area contributed by atoms with E-state index in [0.29, 0.717) is 0 Å². The normalized spacial score (nSPS) is 26.2. The largest absolute Gasteiger partial charge is 0.392 e. The Bertz CT molecular complexity index is 211. The van der Waals surface area contributed by atoms with Crippen molar-refractivity contribution >= 4 is 10.0 Å². The van der Waals surface area contributed by atoms with Gasteiger partial charge in [0.2, 0.25) is 0 Å². The molecule has 1 unspecified atom stereocenters. The standard InChI is InChI=1S/C13H27NS/c1-12(14-2)8-5-6-9-13-10-7-11-15(13,3)4/h13-14H,1,5-11H2,2-4H3. The Morgan fingerprint density at radius 3 is 2.67 bits per heavy atom. The van der Waals surface area contributed by atoms with Gasteiger partial charge in [0.15, 0.2) is 0 Å². The van der Waals surface area contributed by atoms with Gasteiger partial charge in [0, 0.05) is 12.7 Å². The number of hydrogen-bond acceptors (Lipinski definition) is 1. The molecule has 1 aliphatic rings. The van der Waals surface area contributed by atoms with E-state index in [-0.39, 0.29) is 10.0 Å². The molecule has 1 nitrogen and oxygen atoms in total. The number of hydrogen-bond donors (Lipinski definition) is 1. The zero-order valence-corrected chi connectivity index (χ0v) is 11.5. The lowest BCUT2D eigenvalue weighted by Crippen LogP contribution is -2.11. The molecule has 1 aliphatic heterocycles. The average Bonchev–Trinajstić information content (AvgIpc) is 2.52. The zero-order valence-electron chi connectivity index (χ0n) is 10.6. The number of nitrogens with one attached hydrogen (secondary N) is 1. The summed E-state index contributed by atoms with van der Waals surface area (Å²) in [5, 5.41) is 4.18. The zero-order chi connectivity index (χ0) is 11.3. The summed E-state index contributed by atoms with van der Waals surface area (Å²) in [5.74, 6) is 1.51. The topological polar surface area (TPSA) is 12.0 Å². The fourth-order valence-electron chi connectivity index (χ4n) is 2.47. The summed E-state index contributed by atoms with van der Waals surface area (Å²) in [5.41, 5.74) is 1.19. The highest BCUT2D eigenvalue weighted by Gasteiger charge is 2.29. The van der Waals surface area contributed by atoms with Crippen LogP contribution in [0.1, 0.15) is 38.5 Å². The lowest BCUT2D eigenvalue weighted by molar-refractivity contribution is 0.625. The fourth-order valence-corrected chi connectivity index (χ4v) is 5.32. The first-order valence-corrected chi connectivity index (χ1v) is 8.80. The molecule has 1 fully saturated rings.